The van der Waals surface area contributed by atoms with Crippen molar-refractivity contribution in [2.75, 3.05) is 25.5 Å². The molecule has 0 aliphatic rings. The summed E-state index contributed by atoms with van der Waals surface area (Å²) >= 11 is 6.56. The summed E-state index contributed by atoms with van der Waals surface area (Å²) in [5.41, 5.74) is 12.9. The first-order valence-electron chi connectivity index (χ1n) is 8.80. The van der Waals surface area contributed by atoms with Gasteiger partial charge in [0.15, 0.2) is 0 Å². The van der Waals surface area contributed by atoms with E-state index in [0.717, 1.165) is 41.7 Å². The highest BCUT2D eigenvalue weighted by Gasteiger charge is 2.16. The highest BCUT2D eigenvalue weighted by molar-refractivity contribution is 6.36. The fraction of sp³-hybridized carbons (Fsp3) is 0.333. The molecule has 0 saturated heterocycles. The van der Waals surface area contributed by atoms with Gasteiger partial charge in [-0.3, -0.25) is 0 Å². The number of H-pyrrole nitrogens is 1. The van der Waals surface area contributed by atoms with Gasteiger partial charge >= 0.3 is 0 Å². The van der Waals surface area contributed by atoms with E-state index in [4.69, 9.17) is 17.3 Å². The number of unbranched alkanes of at least 4 members (excludes halogenated alkanes) is 1. The SMILES string of the molecule is Cc1ccc(Cl)c2c(CCCCN)c(-c3ccc(N(C)C)cc3)[nH]c12. The molecule has 0 unspecified atom stereocenters. The number of fused-ring (bicyclic) bond motifs is 1. The van der Waals surface area contributed by atoms with Crippen LogP contribution in [0.25, 0.3) is 22.2 Å². The second kappa shape index (κ2) is 7.51. The molecule has 0 radical (unpaired) electrons. The molecule has 3 rings (SSSR count). The molecule has 0 aliphatic heterocycles. The van der Waals surface area contributed by atoms with Gasteiger partial charge in [0.2, 0.25) is 0 Å². The van der Waals surface area contributed by atoms with E-state index in [2.05, 4.69) is 61.2 Å². The van der Waals surface area contributed by atoms with Crippen molar-refractivity contribution < 1.29 is 0 Å². The monoisotopic (exact) mass is 355 g/mol. The Labute approximate surface area is 154 Å². The Kier molecular flexibility index (Phi) is 5.36. The van der Waals surface area contributed by atoms with E-state index in [9.17, 15) is 0 Å². The van der Waals surface area contributed by atoms with Gasteiger partial charge in [-0.15, -0.1) is 0 Å². The first-order valence-corrected chi connectivity index (χ1v) is 9.18. The smallest absolute Gasteiger partial charge is 0.0506 e. The maximum absolute atomic E-state index is 6.56. The highest BCUT2D eigenvalue weighted by atomic mass is 35.5. The van der Waals surface area contributed by atoms with Crippen molar-refractivity contribution in [1.29, 1.82) is 0 Å². The summed E-state index contributed by atoms with van der Waals surface area (Å²) in [7, 11) is 4.11. The number of nitrogens with zero attached hydrogens (tertiary/aromatic N) is 1. The maximum atomic E-state index is 6.56. The molecule has 0 saturated carbocycles. The molecule has 0 aliphatic carbocycles. The zero-order valence-electron chi connectivity index (χ0n) is 15.2. The van der Waals surface area contributed by atoms with E-state index in [1.807, 2.05) is 6.07 Å². The molecule has 4 heteroatoms. The van der Waals surface area contributed by atoms with Crippen molar-refractivity contribution in [3.63, 3.8) is 0 Å². The normalized spacial score (nSPS) is 11.2. The minimum atomic E-state index is 0.724. The molecule has 3 aromatic rings. The van der Waals surface area contributed by atoms with E-state index < -0.39 is 0 Å². The van der Waals surface area contributed by atoms with Crippen molar-refractivity contribution in [1.82, 2.24) is 4.98 Å². The average molecular weight is 356 g/mol. The lowest BCUT2D eigenvalue weighted by molar-refractivity contribution is 0.748. The number of rotatable bonds is 6. The summed E-state index contributed by atoms with van der Waals surface area (Å²) in [6.07, 6.45) is 3.07. The first-order chi connectivity index (χ1) is 12.0. The second-order valence-electron chi connectivity index (χ2n) is 6.78. The van der Waals surface area contributed by atoms with Gasteiger partial charge < -0.3 is 15.6 Å². The Morgan fingerprint density at radius 3 is 2.40 bits per heavy atom. The minimum Gasteiger partial charge on any atom is -0.378 e. The number of aryl methyl sites for hydroxylation is 2. The number of hydrogen-bond donors (Lipinski definition) is 2. The quantitative estimate of drug-likeness (QED) is 0.601. The largest absolute Gasteiger partial charge is 0.378 e. The van der Waals surface area contributed by atoms with Crippen LogP contribution in [-0.4, -0.2) is 25.6 Å². The number of hydrogen-bond acceptors (Lipinski definition) is 2. The molecule has 0 fully saturated rings. The topological polar surface area (TPSA) is 45.0 Å². The lowest BCUT2D eigenvalue weighted by Gasteiger charge is -2.13. The molecule has 3 N–H and O–H groups in total. The van der Waals surface area contributed by atoms with Crippen molar-refractivity contribution >= 4 is 28.2 Å². The zero-order chi connectivity index (χ0) is 18.0. The maximum Gasteiger partial charge on any atom is 0.0506 e. The van der Waals surface area contributed by atoms with Crippen LogP contribution >= 0.6 is 11.6 Å². The lowest BCUT2D eigenvalue weighted by Crippen LogP contribution is -2.07. The van der Waals surface area contributed by atoms with E-state index in [0.29, 0.717) is 0 Å². The van der Waals surface area contributed by atoms with Gasteiger partial charge in [-0.25, -0.2) is 0 Å². The fourth-order valence-corrected chi connectivity index (χ4v) is 3.60. The lowest BCUT2D eigenvalue weighted by atomic mass is 9.99. The van der Waals surface area contributed by atoms with Gasteiger partial charge in [-0.05, 0) is 67.6 Å². The van der Waals surface area contributed by atoms with Crippen LogP contribution in [-0.2, 0) is 6.42 Å². The van der Waals surface area contributed by atoms with E-state index >= 15 is 0 Å². The summed E-state index contributed by atoms with van der Waals surface area (Å²) in [6.45, 7) is 2.85. The number of aromatic nitrogens is 1. The third-order valence-corrected chi connectivity index (χ3v) is 5.08. The van der Waals surface area contributed by atoms with Gasteiger partial charge in [0.1, 0.15) is 0 Å². The first kappa shape index (κ1) is 17.8. The van der Waals surface area contributed by atoms with Crippen LogP contribution in [0.15, 0.2) is 36.4 Å². The summed E-state index contributed by atoms with van der Waals surface area (Å²) in [5, 5.41) is 1.97. The van der Waals surface area contributed by atoms with Crippen LogP contribution in [0.4, 0.5) is 5.69 Å². The molecule has 3 nitrogen and oxygen atoms in total. The molecule has 0 spiro atoms. The van der Waals surface area contributed by atoms with Crippen LogP contribution in [0.5, 0.6) is 0 Å². The van der Waals surface area contributed by atoms with Crippen molar-refractivity contribution in [3.8, 4) is 11.3 Å². The van der Waals surface area contributed by atoms with Gasteiger partial charge in [-0.1, -0.05) is 29.8 Å². The Morgan fingerprint density at radius 1 is 1.04 bits per heavy atom. The number of nitrogens with two attached hydrogens (primary N) is 1. The van der Waals surface area contributed by atoms with Gasteiger partial charge in [0, 0.05) is 30.9 Å². The van der Waals surface area contributed by atoms with Gasteiger partial charge in [0.25, 0.3) is 0 Å². The predicted molar refractivity (Wildman–Crippen MR) is 110 cm³/mol. The van der Waals surface area contributed by atoms with E-state index in [1.54, 1.807) is 0 Å². The third kappa shape index (κ3) is 3.53. The molecule has 0 amide bonds. The summed E-state index contributed by atoms with van der Waals surface area (Å²) < 4.78 is 0. The van der Waals surface area contributed by atoms with Crippen LogP contribution in [0.1, 0.15) is 24.0 Å². The van der Waals surface area contributed by atoms with Crippen molar-refractivity contribution in [2.45, 2.75) is 26.2 Å². The number of anilines is 1. The Bertz CT molecular complexity index is 863. The molecular formula is C21H26ClN3. The molecule has 0 bridgehead atoms. The van der Waals surface area contributed by atoms with Crippen molar-refractivity contribution in [3.05, 3.63) is 52.5 Å². The predicted octanol–water partition coefficient (Wildman–Crippen LogP) is 5.14. The number of aromatic amines is 1. The number of nitrogens with one attached hydrogen (secondary N) is 1. The summed E-state index contributed by atoms with van der Waals surface area (Å²) in [4.78, 5) is 5.75. The van der Waals surface area contributed by atoms with Crippen LogP contribution in [0.2, 0.25) is 5.02 Å². The second-order valence-corrected chi connectivity index (χ2v) is 7.19. The molecular weight excluding hydrogens is 330 g/mol. The highest BCUT2D eigenvalue weighted by Crippen LogP contribution is 2.37. The third-order valence-electron chi connectivity index (χ3n) is 4.77. The number of halogens is 1. The molecule has 0 atom stereocenters. The van der Waals surface area contributed by atoms with Crippen molar-refractivity contribution in [2.24, 2.45) is 5.73 Å². The average Bonchev–Trinajstić information content (AvgIpc) is 2.99. The van der Waals surface area contributed by atoms with E-state index in [1.165, 1.54) is 28.1 Å². The summed E-state index contributed by atoms with van der Waals surface area (Å²) in [6, 6.07) is 12.7. The Balaban J connectivity index is 2.14. The van der Waals surface area contributed by atoms with Crippen LogP contribution in [0.3, 0.4) is 0 Å². The minimum absolute atomic E-state index is 0.724. The molecule has 1 aromatic heterocycles. The Morgan fingerprint density at radius 2 is 1.76 bits per heavy atom. The molecule has 2 aromatic carbocycles. The van der Waals surface area contributed by atoms with Crippen LogP contribution < -0.4 is 10.6 Å². The molecule has 132 valence electrons. The van der Waals surface area contributed by atoms with Gasteiger partial charge in [-0.2, -0.15) is 0 Å². The number of benzene rings is 2. The standard InChI is InChI=1S/C21H26ClN3/c1-14-7-12-18(22)19-17(6-4-5-13-23)21(24-20(14)19)15-8-10-16(11-9-15)25(2)3/h7-12,24H,4-6,13,23H2,1-3H3. The van der Waals surface area contributed by atoms with E-state index in [-0.39, 0.29) is 0 Å². The Hall–Kier alpha value is -1.97. The zero-order valence-corrected chi connectivity index (χ0v) is 16.0. The fourth-order valence-electron chi connectivity index (χ4n) is 3.33. The summed E-state index contributed by atoms with van der Waals surface area (Å²) in [5.74, 6) is 0. The van der Waals surface area contributed by atoms with Crippen LogP contribution in [0, 0.1) is 6.92 Å². The molecule has 25 heavy (non-hydrogen) atoms. The molecule has 1 heterocycles. The van der Waals surface area contributed by atoms with Gasteiger partial charge in [0.05, 0.1) is 10.5 Å².